The lowest BCUT2D eigenvalue weighted by Gasteiger charge is -2.40. The molecule has 0 saturated carbocycles. The summed E-state index contributed by atoms with van der Waals surface area (Å²) in [6, 6.07) is 4.63. The third-order valence-electron chi connectivity index (χ3n) is 5.16. The van der Waals surface area contributed by atoms with Gasteiger partial charge in [0.1, 0.15) is 18.1 Å². The van der Waals surface area contributed by atoms with Crippen molar-refractivity contribution < 1.29 is 9.53 Å². The number of pyridine rings is 2. The molecule has 0 radical (unpaired) electrons. The Morgan fingerprint density at radius 2 is 2.35 bits per heavy atom. The molecular formula is C16H17N5O2. The quantitative estimate of drug-likeness (QED) is 0.793. The van der Waals surface area contributed by atoms with E-state index in [-0.39, 0.29) is 11.7 Å². The molecular weight excluding hydrogens is 294 g/mol. The van der Waals surface area contributed by atoms with Crippen molar-refractivity contribution in [2.24, 2.45) is 5.73 Å². The van der Waals surface area contributed by atoms with E-state index >= 15 is 0 Å². The number of aromatic nitrogens is 2. The third kappa shape index (κ3) is 1.83. The van der Waals surface area contributed by atoms with Gasteiger partial charge in [-0.15, -0.1) is 0 Å². The van der Waals surface area contributed by atoms with Crippen molar-refractivity contribution in [3.8, 4) is 5.88 Å². The fourth-order valence-corrected chi connectivity index (χ4v) is 4.10. The van der Waals surface area contributed by atoms with Crippen LogP contribution in [-0.4, -0.2) is 47.2 Å². The number of rotatable bonds is 1. The van der Waals surface area contributed by atoms with Crippen LogP contribution in [0.3, 0.4) is 0 Å². The minimum absolute atomic E-state index is 0.196. The lowest BCUT2D eigenvalue weighted by atomic mass is 10.1. The molecule has 2 bridgehead atoms. The van der Waals surface area contributed by atoms with Gasteiger partial charge in [0.2, 0.25) is 5.88 Å². The molecule has 3 N–H and O–H groups in total. The molecule has 0 spiro atoms. The predicted octanol–water partition coefficient (Wildman–Crippen LogP) is 0.430. The van der Waals surface area contributed by atoms with Gasteiger partial charge >= 0.3 is 0 Å². The maximum atomic E-state index is 11.7. The molecule has 7 nitrogen and oxygen atoms in total. The second-order valence-electron chi connectivity index (χ2n) is 6.49. The normalized spacial score (nSPS) is 28.2. The first kappa shape index (κ1) is 13.1. The van der Waals surface area contributed by atoms with Crippen molar-refractivity contribution >= 4 is 22.5 Å². The van der Waals surface area contributed by atoms with Gasteiger partial charge in [0, 0.05) is 24.8 Å². The monoisotopic (exact) mass is 311 g/mol. The van der Waals surface area contributed by atoms with Crippen LogP contribution in [0.2, 0.25) is 0 Å². The van der Waals surface area contributed by atoms with Crippen LogP contribution in [-0.2, 0) is 0 Å². The molecule has 3 unspecified atom stereocenters. The van der Waals surface area contributed by atoms with Gasteiger partial charge in [0.25, 0.3) is 5.91 Å². The summed E-state index contributed by atoms with van der Waals surface area (Å²) in [4.78, 5) is 22.9. The molecule has 5 rings (SSSR count). The number of nitrogens with zero attached hydrogens (tertiary/aromatic N) is 3. The van der Waals surface area contributed by atoms with Crippen LogP contribution in [0.5, 0.6) is 5.88 Å². The highest BCUT2D eigenvalue weighted by atomic mass is 16.5. The number of ether oxygens (including phenoxy) is 1. The SMILES string of the molecule is NC(=O)c1cc2ccnc3c2c(n1)N1CC2CCC(N2)C1CO3. The molecule has 2 aromatic heterocycles. The number of carbonyl (C=O) groups excluding carboxylic acids is 1. The number of amides is 1. The third-order valence-corrected chi connectivity index (χ3v) is 5.16. The first-order chi connectivity index (χ1) is 11.2. The van der Waals surface area contributed by atoms with E-state index in [2.05, 4.69) is 20.2 Å². The molecule has 23 heavy (non-hydrogen) atoms. The highest BCUT2D eigenvalue weighted by Crippen LogP contribution is 2.39. The Morgan fingerprint density at radius 3 is 3.22 bits per heavy atom. The first-order valence-electron chi connectivity index (χ1n) is 7.96. The molecule has 2 aromatic rings. The topological polar surface area (TPSA) is 93.4 Å². The lowest BCUT2D eigenvalue weighted by Crippen LogP contribution is -2.60. The van der Waals surface area contributed by atoms with Crippen molar-refractivity contribution in [1.29, 1.82) is 0 Å². The Kier molecular flexibility index (Phi) is 2.58. The fraction of sp³-hybridized carbons (Fsp3) is 0.438. The fourth-order valence-electron chi connectivity index (χ4n) is 4.10. The summed E-state index contributed by atoms with van der Waals surface area (Å²) in [5, 5.41) is 5.42. The van der Waals surface area contributed by atoms with Crippen LogP contribution in [0, 0.1) is 0 Å². The van der Waals surface area contributed by atoms with E-state index in [1.165, 1.54) is 0 Å². The second-order valence-corrected chi connectivity index (χ2v) is 6.49. The van der Waals surface area contributed by atoms with E-state index in [1.807, 2.05) is 6.07 Å². The van der Waals surface area contributed by atoms with Gasteiger partial charge in [-0.2, -0.15) is 0 Å². The highest BCUT2D eigenvalue weighted by molar-refractivity contribution is 6.02. The summed E-state index contributed by atoms with van der Waals surface area (Å²) in [5.41, 5.74) is 5.77. The molecule has 7 heteroatoms. The Labute approximate surface area is 132 Å². The van der Waals surface area contributed by atoms with Crippen LogP contribution in [0.1, 0.15) is 23.3 Å². The van der Waals surface area contributed by atoms with Crippen LogP contribution < -0.4 is 20.7 Å². The number of fused-ring (bicyclic) bond motifs is 5. The molecule has 2 saturated heterocycles. The van der Waals surface area contributed by atoms with Crippen molar-refractivity contribution in [2.75, 3.05) is 18.1 Å². The Hall–Kier alpha value is -2.41. The molecule has 3 atom stereocenters. The van der Waals surface area contributed by atoms with Crippen LogP contribution in [0.15, 0.2) is 18.3 Å². The maximum Gasteiger partial charge on any atom is 0.267 e. The number of primary amides is 1. The lowest BCUT2D eigenvalue weighted by molar-refractivity contribution is 0.0996. The van der Waals surface area contributed by atoms with E-state index in [1.54, 1.807) is 12.3 Å². The Balaban J connectivity index is 1.77. The van der Waals surface area contributed by atoms with Crippen molar-refractivity contribution in [2.45, 2.75) is 31.0 Å². The largest absolute Gasteiger partial charge is 0.475 e. The number of anilines is 1. The minimum atomic E-state index is -0.513. The van der Waals surface area contributed by atoms with E-state index in [4.69, 9.17) is 10.5 Å². The van der Waals surface area contributed by atoms with Crippen LogP contribution in [0.4, 0.5) is 5.82 Å². The van der Waals surface area contributed by atoms with Gasteiger partial charge in [-0.25, -0.2) is 9.97 Å². The van der Waals surface area contributed by atoms with Gasteiger partial charge in [0.05, 0.1) is 11.4 Å². The first-order valence-corrected chi connectivity index (χ1v) is 7.96. The Bertz CT molecular complexity index is 823. The molecule has 3 aliphatic rings. The zero-order chi connectivity index (χ0) is 15.6. The van der Waals surface area contributed by atoms with E-state index < -0.39 is 5.91 Å². The average molecular weight is 311 g/mol. The maximum absolute atomic E-state index is 11.7. The smallest absolute Gasteiger partial charge is 0.267 e. The molecule has 1 amide bonds. The van der Waals surface area contributed by atoms with Crippen LogP contribution >= 0.6 is 0 Å². The summed E-state index contributed by atoms with van der Waals surface area (Å²) >= 11 is 0. The van der Waals surface area contributed by atoms with Gasteiger partial charge < -0.3 is 20.7 Å². The van der Waals surface area contributed by atoms with Crippen molar-refractivity contribution in [1.82, 2.24) is 15.3 Å². The molecule has 0 aliphatic carbocycles. The number of carbonyl (C=O) groups is 1. The Morgan fingerprint density at radius 1 is 1.43 bits per heavy atom. The predicted molar refractivity (Wildman–Crippen MR) is 84.6 cm³/mol. The summed E-state index contributed by atoms with van der Waals surface area (Å²) in [7, 11) is 0. The zero-order valence-electron chi connectivity index (χ0n) is 12.5. The number of hydrogen-bond donors (Lipinski definition) is 2. The van der Waals surface area contributed by atoms with Gasteiger partial charge in [0.15, 0.2) is 0 Å². The molecule has 2 fully saturated rings. The van der Waals surface area contributed by atoms with Gasteiger partial charge in [-0.1, -0.05) is 0 Å². The number of piperazine rings is 1. The second kappa shape index (κ2) is 4.55. The number of hydrogen-bond acceptors (Lipinski definition) is 6. The molecule has 5 heterocycles. The van der Waals surface area contributed by atoms with Crippen molar-refractivity contribution in [3.63, 3.8) is 0 Å². The van der Waals surface area contributed by atoms with E-state index in [9.17, 15) is 4.79 Å². The molecule has 3 aliphatic heterocycles. The summed E-state index contributed by atoms with van der Waals surface area (Å²) < 4.78 is 5.99. The number of nitrogens with two attached hydrogens (primary N) is 1. The van der Waals surface area contributed by atoms with E-state index in [0.717, 1.165) is 36.0 Å². The summed E-state index contributed by atoms with van der Waals surface area (Å²) in [6.07, 6.45) is 3.99. The zero-order valence-corrected chi connectivity index (χ0v) is 12.5. The molecule has 118 valence electrons. The minimum Gasteiger partial charge on any atom is -0.475 e. The standard InChI is InChI=1S/C16H17N5O2/c17-14(22)11-5-8-3-4-18-16-13(8)15(20-11)21-6-9-1-2-10(19-9)12(21)7-23-16/h3-5,9-10,12,19H,1-2,6-7H2,(H2,17,22). The average Bonchev–Trinajstić information content (AvgIpc) is 2.86. The highest BCUT2D eigenvalue weighted by Gasteiger charge is 2.43. The summed E-state index contributed by atoms with van der Waals surface area (Å²) in [6.45, 7) is 1.43. The number of nitrogens with one attached hydrogen (secondary N) is 1. The van der Waals surface area contributed by atoms with E-state index in [0.29, 0.717) is 24.6 Å². The van der Waals surface area contributed by atoms with Crippen LogP contribution in [0.25, 0.3) is 10.8 Å². The van der Waals surface area contributed by atoms with Gasteiger partial charge in [-0.3, -0.25) is 4.79 Å². The molecule has 0 aromatic carbocycles. The van der Waals surface area contributed by atoms with Gasteiger partial charge in [-0.05, 0) is 30.4 Å². The van der Waals surface area contributed by atoms with Crippen molar-refractivity contribution in [3.05, 3.63) is 24.0 Å². The summed E-state index contributed by atoms with van der Waals surface area (Å²) in [5.74, 6) is 0.855.